The molecule has 2 heterocycles. The average molecular weight is 343 g/mol. The van der Waals surface area contributed by atoms with Crippen molar-refractivity contribution in [2.24, 2.45) is 4.40 Å². The maximum Gasteiger partial charge on any atom is 0.120 e. The van der Waals surface area contributed by atoms with E-state index < -0.39 is 0 Å². The molecule has 1 saturated heterocycles. The molecule has 0 unspecified atom stereocenters. The Bertz CT molecular complexity index is 726. The first-order valence-electron chi connectivity index (χ1n) is 8.12. The van der Waals surface area contributed by atoms with Crippen LogP contribution in [0.25, 0.3) is 11.1 Å². The molecule has 4 rings (SSSR count). The van der Waals surface area contributed by atoms with Gasteiger partial charge in [-0.05, 0) is 42.0 Å². The molecule has 0 radical (unpaired) electrons. The van der Waals surface area contributed by atoms with E-state index in [0.29, 0.717) is 5.92 Å². The highest BCUT2D eigenvalue weighted by Crippen LogP contribution is 2.34. The normalized spacial score (nSPS) is 20.8. The summed E-state index contributed by atoms with van der Waals surface area (Å²) in [5.74, 6) is 2.83. The summed E-state index contributed by atoms with van der Waals surface area (Å²) in [4.78, 5) is 2.46. The Labute approximate surface area is 146 Å². The second-order valence-electron chi connectivity index (χ2n) is 6.07. The molecule has 0 aliphatic carbocycles. The van der Waals surface area contributed by atoms with Gasteiger partial charge < -0.3 is 4.90 Å². The molecule has 4 heteroatoms. The van der Waals surface area contributed by atoms with Crippen molar-refractivity contribution in [3.8, 4) is 11.1 Å². The zero-order chi connectivity index (χ0) is 15.6. The third-order valence-electron chi connectivity index (χ3n) is 4.66. The zero-order valence-corrected chi connectivity index (χ0v) is 14.5. The second-order valence-corrected chi connectivity index (χ2v) is 7.32. The second kappa shape index (κ2) is 6.58. The molecule has 0 spiro atoms. The Kier molecular flexibility index (Phi) is 4.32. The van der Waals surface area contributed by atoms with Crippen LogP contribution in [0, 0.1) is 0 Å². The van der Waals surface area contributed by atoms with Gasteiger partial charge in [0, 0.05) is 35.3 Å². The third kappa shape index (κ3) is 3.00. The highest BCUT2D eigenvalue weighted by Gasteiger charge is 2.29. The number of rotatable bonds is 2. The van der Waals surface area contributed by atoms with Crippen LogP contribution in [0.3, 0.4) is 0 Å². The lowest BCUT2D eigenvalue weighted by Crippen LogP contribution is -2.42. The fourth-order valence-electron chi connectivity index (χ4n) is 3.47. The summed E-state index contributed by atoms with van der Waals surface area (Å²) in [5.41, 5.74) is 3.63. The molecule has 2 nitrogen and oxygen atoms in total. The molecule has 0 aromatic heterocycles. The van der Waals surface area contributed by atoms with Crippen LogP contribution in [0.2, 0.25) is 5.02 Å². The van der Waals surface area contributed by atoms with Gasteiger partial charge in [0.1, 0.15) is 5.84 Å². The SMILES string of the molecule is Clc1ccccc1-c1ccc([C@@H]2CCCN3CCSN=C23)cc1. The van der Waals surface area contributed by atoms with Crippen molar-refractivity contribution in [2.75, 3.05) is 18.8 Å². The average Bonchev–Trinajstić information content (AvgIpc) is 2.62. The van der Waals surface area contributed by atoms with Crippen LogP contribution < -0.4 is 0 Å². The van der Waals surface area contributed by atoms with Crippen molar-refractivity contribution in [1.82, 2.24) is 4.90 Å². The Balaban J connectivity index is 1.63. The van der Waals surface area contributed by atoms with Gasteiger partial charge in [0.25, 0.3) is 0 Å². The Morgan fingerprint density at radius 2 is 1.87 bits per heavy atom. The molecule has 0 saturated carbocycles. The van der Waals surface area contributed by atoms with E-state index in [1.165, 1.54) is 29.8 Å². The summed E-state index contributed by atoms with van der Waals surface area (Å²) >= 11 is 8.02. The topological polar surface area (TPSA) is 15.6 Å². The van der Waals surface area contributed by atoms with Crippen molar-refractivity contribution < 1.29 is 0 Å². The quantitative estimate of drug-likeness (QED) is 0.693. The number of benzene rings is 2. The smallest absolute Gasteiger partial charge is 0.120 e. The number of hydrogen-bond donors (Lipinski definition) is 0. The maximum atomic E-state index is 6.31. The van der Waals surface area contributed by atoms with E-state index in [-0.39, 0.29) is 0 Å². The van der Waals surface area contributed by atoms with Gasteiger partial charge in [-0.25, -0.2) is 4.40 Å². The van der Waals surface area contributed by atoms with Crippen molar-refractivity contribution in [3.05, 3.63) is 59.1 Å². The van der Waals surface area contributed by atoms with E-state index in [1.54, 1.807) is 11.9 Å². The van der Waals surface area contributed by atoms with Gasteiger partial charge in [-0.2, -0.15) is 0 Å². The predicted molar refractivity (Wildman–Crippen MR) is 100 cm³/mol. The number of halogens is 1. The third-order valence-corrected chi connectivity index (χ3v) is 5.68. The molecular formula is C19H19ClN2S. The fourth-order valence-corrected chi connectivity index (χ4v) is 4.48. The van der Waals surface area contributed by atoms with Crippen molar-refractivity contribution in [3.63, 3.8) is 0 Å². The van der Waals surface area contributed by atoms with Crippen LogP contribution >= 0.6 is 23.5 Å². The van der Waals surface area contributed by atoms with Crippen molar-refractivity contribution in [1.29, 1.82) is 0 Å². The summed E-state index contributed by atoms with van der Waals surface area (Å²) in [6.45, 7) is 2.30. The minimum atomic E-state index is 0.442. The molecule has 0 N–H and O–H groups in total. The molecule has 1 fully saturated rings. The van der Waals surface area contributed by atoms with Crippen LogP contribution in [0.15, 0.2) is 52.9 Å². The predicted octanol–water partition coefficient (Wildman–Crippen LogP) is 5.25. The van der Waals surface area contributed by atoms with E-state index in [2.05, 4.69) is 35.2 Å². The largest absolute Gasteiger partial charge is 0.358 e. The van der Waals surface area contributed by atoms with Crippen LogP contribution in [-0.4, -0.2) is 29.6 Å². The van der Waals surface area contributed by atoms with Gasteiger partial charge in [-0.3, -0.25) is 0 Å². The van der Waals surface area contributed by atoms with Crippen LogP contribution in [0.5, 0.6) is 0 Å². The number of nitrogens with zero attached hydrogens (tertiary/aromatic N) is 2. The van der Waals surface area contributed by atoms with Gasteiger partial charge in [0.2, 0.25) is 0 Å². The van der Waals surface area contributed by atoms with E-state index in [0.717, 1.165) is 29.4 Å². The molecule has 23 heavy (non-hydrogen) atoms. The van der Waals surface area contributed by atoms with Crippen LogP contribution in [-0.2, 0) is 0 Å². The Morgan fingerprint density at radius 3 is 2.70 bits per heavy atom. The fraction of sp³-hybridized carbons (Fsp3) is 0.316. The number of piperidine rings is 1. The molecule has 2 aromatic rings. The molecular weight excluding hydrogens is 324 g/mol. The lowest BCUT2D eigenvalue weighted by atomic mass is 9.88. The minimum Gasteiger partial charge on any atom is -0.358 e. The first-order valence-corrected chi connectivity index (χ1v) is 9.44. The first-order chi connectivity index (χ1) is 11.3. The van der Waals surface area contributed by atoms with Gasteiger partial charge in [-0.1, -0.05) is 54.1 Å². The van der Waals surface area contributed by atoms with Crippen LogP contribution in [0.4, 0.5) is 0 Å². The summed E-state index contributed by atoms with van der Waals surface area (Å²) in [6.07, 6.45) is 2.45. The first kappa shape index (κ1) is 15.1. The van der Waals surface area contributed by atoms with Crippen molar-refractivity contribution >= 4 is 29.4 Å². The number of fused-ring (bicyclic) bond motifs is 1. The molecule has 118 valence electrons. The number of amidine groups is 1. The molecule has 2 aliphatic heterocycles. The Hall–Kier alpha value is -1.45. The molecule has 2 aliphatic rings. The molecule has 0 amide bonds. The van der Waals surface area contributed by atoms with E-state index in [4.69, 9.17) is 16.0 Å². The minimum absolute atomic E-state index is 0.442. The van der Waals surface area contributed by atoms with Gasteiger partial charge in [0.05, 0.1) is 0 Å². The number of hydrogen-bond acceptors (Lipinski definition) is 3. The highest BCUT2D eigenvalue weighted by atomic mass is 35.5. The lowest BCUT2D eigenvalue weighted by Gasteiger charge is -2.37. The summed E-state index contributed by atoms with van der Waals surface area (Å²) in [5, 5.41) is 0.803. The van der Waals surface area contributed by atoms with E-state index >= 15 is 0 Å². The Morgan fingerprint density at radius 1 is 1.04 bits per heavy atom. The molecule has 1 atom stereocenters. The zero-order valence-electron chi connectivity index (χ0n) is 12.9. The molecule has 0 bridgehead atoms. The maximum absolute atomic E-state index is 6.31. The summed E-state index contributed by atoms with van der Waals surface area (Å²) in [7, 11) is 0. The van der Waals surface area contributed by atoms with E-state index in [1.807, 2.05) is 18.2 Å². The van der Waals surface area contributed by atoms with Crippen LogP contribution in [0.1, 0.15) is 24.3 Å². The standard InChI is InChI=1S/C19H19ClN2S/c20-18-6-2-1-4-16(18)14-7-9-15(10-8-14)17-5-3-11-22-12-13-23-21-19(17)22/h1-2,4,6-10,17H,3,5,11-13H2/t17-/m0/s1. The summed E-state index contributed by atoms with van der Waals surface area (Å²) < 4.78 is 4.74. The monoisotopic (exact) mass is 342 g/mol. The van der Waals surface area contributed by atoms with Gasteiger partial charge >= 0.3 is 0 Å². The van der Waals surface area contributed by atoms with Crippen molar-refractivity contribution in [2.45, 2.75) is 18.8 Å². The molecule has 2 aromatic carbocycles. The van der Waals surface area contributed by atoms with E-state index in [9.17, 15) is 0 Å². The van der Waals surface area contributed by atoms with Gasteiger partial charge in [-0.15, -0.1) is 0 Å². The van der Waals surface area contributed by atoms with Gasteiger partial charge in [0.15, 0.2) is 0 Å². The highest BCUT2D eigenvalue weighted by molar-refractivity contribution is 7.98. The lowest BCUT2D eigenvalue weighted by molar-refractivity contribution is 0.371. The summed E-state index contributed by atoms with van der Waals surface area (Å²) in [6, 6.07) is 16.9.